The maximum atomic E-state index is 12.5. The highest BCUT2D eigenvalue weighted by atomic mass is 16.4. The molecule has 1 aromatic carbocycles. The van der Waals surface area contributed by atoms with Crippen LogP contribution in [0.25, 0.3) is 0 Å². The van der Waals surface area contributed by atoms with Crippen LogP contribution < -0.4 is 5.32 Å². The van der Waals surface area contributed by atoms with Gasteiger partial charge in [-0.2, -0.15) is 0 Å². The minimum absolute atomic E-state index is 0.00823. The molecule has 1 saturated heterocycles. The molecule has 2 fully saturated rings. The summed E-state index contributed by atoms with van der Waals surface area (Å²) < 4.78 is 0. The number of carboxylic acid groups (broad SMARTS) is 1. The number of carbonyl (C=O) groups excluding carboxylic acids is 1. The van der Waals surface area contributed by atoms with E-state index in [4.69, 9.17) is 5.11 Å². The van der Waals surface area contributed by atoms with Crippen LogP contribution in [0.2, 0.25) is 0 Å². The van der Waals surface area contributed by atoms with Crippen molar-refractivity contribution in [2.45, 2.75) is 56.9 Å². The van der Waals surface area contributed by atoms with E-state index in [9.17, 15) is 9.59 Å². The van der Waals surface area contributed by atoms with Crippen LogP contribution in [-0.4, -0.2) is 41.1 Å². The normalized spacial score (nSPS) is 26.0. The number of carbonyl (C=O) groups is 2. The zero-order valence-corrected chi connectivity index (χ0v) is 14.9. The first-order valence-electron chi connectivity index (χ1n) is 9.32. The minimum Gasteiger partial charge on any atom is -0.481 e. The molecule has 2 amide bonds. The number of urea groups is 1. The molecule has 2 N–H and O–H groups in total. The largest absolute Gasteiger partial charge is 0.481 e. The predicted octanol–water partition coefficient (Wildman–Crippen LogP) is 3.39. The van der Waals surface area contributed by atoms with Gasteiger partial charge >= 0.3 is 12.0 Å². The predicted molar refractivity (Wildman–Crippen MR) is 96.5 cm³/mol. The maximum absolute atomic E-state index is 12.5. The number of amides is 2. The summed E-state index contributed by atoms with van der Waals surface area (Å²) in [5, 5.41) is 12.2. The number of hydrogen-bond acceptors (Lipinski definition) is 2. The van der Waals surface area contributed by atoms with Gasteiger partial charge in [0.05, 0.1) is 5.92 Å². The van der Waals surface area contributed by atoms with Crippen molar-refractivity contribution in [2.75, 3.05) is 13.1 Å². The molecule has 0 radical (unpaired) electrons. The van der Waals surface area contributed by atoms with Gasteiger partial charge in [0.15, 0.2) is 0 Å². The van der Waals surface area contributed by atoms with Crippen molar-refractivity contribution in [2.24, 2.45) is 5.92 Å². The van der Waals surface area contributed by atoms with Crippen molar-refractivity contribution in [3.8, 4) is 0 Å². The van der Waals surface area contributed by atoms with Crippen molar-refractivity contribution in [3.05, 3.63) is 35.9 Å². The van der Waals surface area contributed by atoms with Gasteiger partial charge in [-0.15, -0.1) is 0 Å². The molecular formula is C20H28N2O3. The summed E-state index contributed by atoms with van der Waals surface area (Å²) in [6.45, 7) is 3.81. The lowest BCUT2D eigenvalue weighted by Crippen LogP contribution is -2.51. The van der Waals surface area contributed by atoms with E-state index in [-0.39, 0.29) is 23.4 Å². The van der Waals surface area contributed by atoms with Crippen molar-refractivity contribution in [1.29, 1.82) is 0 Å². The number of nitrogens with one attached hydrogen (secondary N) is 1. The second-order valence-electron chi connectivity index (χ2n) is 7.75. The molecule has 0 atom stereocenters. The van der Waals surface area contributed by atoms with E-state index < -0.39 is 5.97 Å². The Morgan fingerprint density at radius 3 is 2.24 bits per heavy atom. The number of hydrogen-bond donors (Lipinski definition) is 2. The highest BCUT2D eigenvalue weighted by molar-refractivity contribution is 5.75. The van der Waals surface area contributed by atoms with E-state index in [1.807, 2.05) is 11.0 Å². The third-order valence-corrected chi connectivity index (χ3v) is 6.03. The van der Waals surface area contributed by atoms with E-state index in [0.717, 1.165) is 38.8 Å². The Morgan fingerprint density at radius 1 is 1.08 bits per heavy atom. The number of aliphatic carboxylic acids is 1. The van der Waals surface area contributed by atoms with Crippen molar-refractivity contribution >= 4 is 12.0 Å². The Bertz CT molecular complexity index is 601. The van der Waals surface area contributed by atoms with Crippen LogP contribution in [0.1, 0.15) is 51.0 Å². The van der Waals surface area contributed by atoms with E-state index in [2.05, 4.69) is 36.5 Å². The zero-order valence-electron chi connectivity index (χ0n) is 14.9. The molecule has 1 aromatic rings. The number of likely N-dealkylation sites (tertiary alicyclic amines) is 1. The standard InChI is InChI=1S/C20H28N2O3/c1-20(16-5-3-2-4-6-16)11-13-22(14-12-20)19(25)21-17-9-7-15(8-10-17)18(23)24/h2-6,15,17H,7-14H2,1H3,(H,21,25)(H,23,24). The van der Waals surface area contributed by atoms with Gasteiger partial charge in [-0.25, -0.2) is 4.79 Å². The first kappa shape index (κ1) is 17.8. The Labute approximate surface area is 149 Å². The summed E-state index contributed by atoms with van der Waals surface area (Å²) in [6.07, 6.45) is 4.78. The first-order chi connectivity index (χ1) is 12.0. The number of piperidine rings is 1. The fourth-order valence-electron chi connectivity index (χ4n) is 4.08. The Hall–Kier alpha value is -2.04. The topological polar surface area (TPSA) is 69.6 Å². The molecule has 136 valence electrons. The van der Waals surface area contributed by atoms with Gasteiger partial charge in [0.25, 0.3) is 0 Å². The molecule has 1 heterocycles. The smallest absolute Gasteiger partial charge is 0.317 e. The second-order valence-corrected chi connectivity index (χ2v) is 7.75. The number of carboxylic acids is 1. The SMILES string of the molecule is CC1(c2ccccc2)CCN(C(=O)NC2CCC(C(=O)O)CC2)CC1. The molecule has 3 rings (SSSR count). The van der Waals surface area contributed by atoms with E-state index in [1.165, 1.54) is 5.56 Å². The van der Waals surface area contributed by atoms with Crippen molar-refractivity contribution < 1.29 is 14.7 Å². The summed E-state index contributed by atoms with van der Waals surface area (Å²) in [5.74, 6) is -0.948. The lowest BCUT2D eigenvalue weighted by atomic mass is 9.74. The second kappa shape index (κ2) is 7.46. The summed E-state index contributed by atoms with van der Waals surface area (Å²) in [4.78, 5) is 25.5. The lowest BCUT2D eigenvalue weighted by molar-refractivity contribution is -0.142. The van der Waals surface area contributed by atoms with Gasteiger partial charge in [0, 0.05) is 19.1 Å². The third-order valence-electron chi connectivity index (χ3n) is 6.03. The highest BCUT2D eigenvalue weighted by Gasteiger charge is 2.34. The molecule has 1 aliphatic heterocycles. The zero-order chi connectivity index (χ0) is 17.9. The van der Waals surface area contributed by atoms with Crippen LogP contribution >= 0.6 is 0 Å². The number of nitrogens with zero attached hydrogens (tertiary/aromatic N) is 1. The molecule has 2 aliphatic rings. The molecular weight excluding hydrogens is 316 g/mol. The fourth-order valence-corrected chi connectivity index (χ4v) is 4.08. The number of rotatable bonds is 3. The van der Waals surface area contributed by atoms with Crippen LogP contribution in [0.3, 0.4) is 0 Å². The molecule has 5 nitrogen and oxygen atoms in total. The summed E-state index contributed by atoms with van der Waals surface area (Å²) >= 11 is 0. The molecule has 0 unspecified atom stereocenters. The van der Waals surface area contributed by atoms with Gasteiger partial charge in [-0.1, -0.05) is 37.3 Å². The molecule has 5 heteroatoms. The van der Waals surface area contributed by atoms with Gasteiger partial charge in [-0.3, -0.25) is 4.79 Å². The van der Waals surface area contributed by atoms with Gasteiger partial charge in [0.2, 0.25) is 0 Å². The Balaban J connectivity index is 1.48. The summed E-state index contributed by atoms with van der Waals surface area (Å²) in [5.41, 5.74) is 1.49. The Morgan fingerprint density at radius 2 is 1.68 bits per heavy atom. The first-order valence-corrected chi connectivity index (χ1v) is 9.32. The molecule has 0 spiro atoms. The van der Waals surface area contributed by atoms with E-state index >= 15 is 0 Å². The molecule has 1 aliphatic carbocycles. The summed E-state index contributed by atoms with van der Waals surface area (Å²) in [6, 6.07) is 10.7. The average molecular weight is 344 g/mol. The quantitative estimate of drug-likeness (QED) is 0.883. The van der Waals surface area contributed by atoms with Gasteiger partial charge in [-0.05, 0) is 49.5 Å². The van der Waals surface area contributed by atoms with Crippen LogP contribution in [-0.2, 0) is 10.2 Å². The van der Waals surface area contributed by atoms with Crippen LogP contribution in [0.5, 0.6) is 0 Å². The molecule has 25 heavy (non-hydrogen) atoms. The van der Waals surface area contributed by atoms with Gasteiger partial charge in [0.1, 0.15) is 0 Å². The van der Waals surface area contributed by atoms with E-state index in [1.54, 1.807) is 0 Å². The van der Waals surface area contributed by atoms with Gasteiger partial charge < -0.3 is 15.3 Å². The molecule has 0 aromatic heterocycles. The Kier molecular flexibility index (Phi) is 5.30. The lowest BCUT2D eigenvalue weighted by Gasteiger charge is -2.40. The molecule has 0 bridgehead atoms. The van der Waals surface area contributed by atoms with Crippen molar-refractivity contribution in [3.63, 3.8) is 0 Å². The number of benzene rings is 1. The fraction of sp³-hybridized carbons (Fsp3) is 0.600. The average Bonchev–Trinajstić information content (AvgIpc) is 2.63. The van der Waals surface area contributed by atoms with Crippen LogP contribution in [0.4, 0.5) is 4.79 Å². The summed E-state index contributed by atoms with van der Waals surface area (Å²) in [7, 11) is 0. The monoisotopic (exact) mass is 344 g/mol. The minimum atomic E-state index is -0.707. The van der Waals surface area contributed by atoms with Crippen LogP contribution in [0, 0.1) is 5.92 Å². The molecule has 1 saturated carbocycles. The maximum Gasteiger partial charge on any atom is 0.317 e. The third kappa shape index (κ3) is 4.14. The van der Waals surface area contributed by atoms with Crippen LogP contribution in [0.15, 0.2) is 30.3 Å². The van der Waals surface area contributed by atoms with E-state index in [0.29, 0.717) is 12.8 Å². The highest BCUT2D eigenvalue weighted by Crippen LogP contribution is 2.35. The van der Waals surface area contributed by atoms with Crippen molar-refractivity contribution in [1.82, 2.24) is 10.2 Å².